The van der Waals surface area contributed by atoms with E-state index in [0.29, 0.717) is 6.54 Å². The molecule has 1 aromatic heterocycles. The number of benzene rings is 1. The Kier molecular flexibility index (Phi) is 12.5. The summed E-state index contributed by atoms with van der Waals surface area (Å²) < 4.78 is 2.06. The summed E-state index contributed by atoms with van der Waals surface area (Å²) in [5.41, 5.74) is 1.09. The van der Waals surface area contributed by atoms with E-state index in [9.17, 15) is 0 Å². The number of aryl methyl sites for hydroxylation is 1. The van der Waals surface area contributed by atoms with Crippen LogP contribution in [0.2, 0.25) is 5.02 Å². The summed E-state index contributed by atoms with van der Waals surface area (Å²) in [7, 11) is 0. The fraction of sp³-hybridized carbons (Fsp3) is 0.500. The predicted octanol–water partition coefficient (Wildman–Crippen LogP) is 3.60. The number of aromatic nitrogens is 3. The Bertz CT molecular complexity index is 694. The van der Waals surface area contributed by atoms with E-state index in [1.807, 2.05) is 36.0 Å². The van der Waals surface area contributed by atoms with E-state index >= 15 is 0 Å². The Balaban J connectivity index is 0.00000364. The molecule has 0 unspecified atom stereocenters. The van der Waals surface area contributed by atoms with Gasteiger partial charge in [-0.2, -0.15) is 11.8 Å². The van der Waals surface area contributed by atoms with Gasteiger partial charge in [-0.25, -0.2) is 4.99 Å². The maximum absolute atomic E-state index is 6.05. The van der Waals surface area contributed by atoms with Crippen LogP contribution in [-0.2, 0) is 19.5 Å². The molecule has 2 aromatic rings. The molecule has 0 aliphatic heterocycles. The molecular formula is C18H28ClIN6S. The van der Waals surface area contributed by atoms with E-state index in [1.165, 1.54) is 0 Å². The SMILES string of the molecule is CCc1nncn1CCNC(=NCc1cccc(Cl)c1)NCCCSC.I. The first-order valence-electron chi connectivity index (χ1n) is 8.85. The van der Waals surface area contributed by atoms with Gasteiger partial charge < -0.3 is 15.2 Å². The van der Waals surface area contributed by atoms with Crippen molar-refractivity contribution in [1.29, 1.82) is 0 Å². The van der Waals surface area contributed by atoms with Gasteiger partial charge in [0.1, 0.15) is 12.2 Å². The third kappa shape index (κ3) is 9.16. The van der Waals surface area contributed by atoms with Crippen LogP contribution in [0.1, 0.15) is 24.7 Å². The number of nitrogens with one attached hydrogen (secondary N) is 2. The van der Waals surface area contributed by atoms with Gasteiger partial charge in [0.15, 0.2) is 5.96 Å². The highest BCUT2D eigenvalue weighted by atomic mass is 127. The third-order valence-electron chi connectivity index (χ3n) is 3.78. The second-order valence-electron chi connectivity index (χ2n) is 5.79. The Labute approximate surface area is 188 Å². The van der Waals surface area contributed by atoms with E-state index in [-0.39, 0.29) is 24.0 Å². The van der Waals surface area contributed by atoms with Gasteiger partial charge in [0, 0.05) is 31.1 Å². The number of nitrogens with zero attached hydrogens (tertiary/aromatic N) is 4. The van der Waals surface area contributed by atoms with Crippen LogP contribution < -0.4 is 10.6 Å². The number of hydrogen-bond donors (Lipinski definition) is 2. The minimum atomic E-state index is 0. The second kappa shape index (κ2) is 14.1. The van der Waals surface area contributed by atoms with Gasteiger partial charge in [0.25, 0.3) is 0 Å². The largest absolute Gasteiger partial charge is 0.356 e. The van der Waals surface area contributed by atoms with Crippen LogP contribution in [0, 0.1) is 0 Å². The summed E-state index contributed by atoms with van der Waals surface area (Å²) in [6.45, 7) is 5.13. The fourth-order valence-electron chi connectivity index (χ4n) is 2.44. The molecule has 9 heteroatoms. The van der Waals surface area contributed by atoms with Crippen LogP contribution in [0.5, 0.6) is 0 Å². The minimum Gasteiger partial charge on any atom is -0.356 e. The molecule has 0 bridgehead atoms. The maximum Gasteiger partial charge on any atom is 0.191 e. The van der Waals surface area contributed by atoms with Crippen LogP contribution in [0.4, 0.5) is 0 Å². The van der Waals surface area contributed by atoms with Crippen molar-refractivity contribution < 1.29 is 0 Å². The van der Waals surface area contributed by atoms with Crippen LogP contribution in [-0.4, -0.2) is 45.8 Å². The van der Waals surface area contributed by atoms with Gasteiger partial charge in [-0.15, -0.1) is 34.2 Å². The first kappa shape index (κ1) is 24.0. The number of aliphatic imine (C=N–C) groups is 1. The third-order valence-corrected chi connectivity index (χ3v) is 4.72. The molecule has 0 fully saturated rings. The summed E-state index contributed by atoms with van der Waals surface area (Å²) >= 11 is 7.90. The van der Waals surface area contributed by atoms with Crippen molar-refractivity contribution in [3.05, 3.63) is 47.0 Å². The molecule has 1 aromatic carbocycles. The molecule has 2 N–H and O–H groups in total. The summed E-state index contributed by atoms with van der Waals surface area (Å²) in [5.74, 6) is 2.95. The molecule has 150 valence electrons. The van der Waals surface area contributed by atoms with Gasteiger partial charge in [-0.05, 0) is 36.1 Å². The Hall–Kier alpha value is -1.000. The zero-order valence-corrected chi connectivity index (χ0v) is 19.7. The van der Waals surface area contributed by atoms with Gasteiger partial charge in [-0.3, -0.25) is 0 Å². The molecule has 6 nitrogen and oxygen atoms in total. The molecule has 27 heavy (non-hydrogen) atoms. The molecule has 2 rings (SSSR count). The summed E-state index contributed by atoms with van der Waals surface area (Å²) in [6.07, 6.45) is 5.87. The Morgan fingerprint density at radius 3 is 2.85 bits per heavy atom. The molecule has 0 saturated heterocycles. The van der Waals surface area contributed by atoms with E-state index in [0.717, 1.165) is 60.6 Å². The summed E-state index contributed by atoms with van der Waals surface area (Å²) in [5, 5.41) is 15.6. The number of hydrogen-bond acceptors (Lipinski definition) is 4. The van der Waals surface area contributed by atoms with Gasteiger partial charge >= 0.3 is 0 Å². The van der Waals surface area contributed by atoms with Crippen molar-refractivity contribution in [3.63, 3.8) is 0 Å². The first-order valence-corrected chi connectivity index (χ1v) is 10.6. The lowest BCUT2D eigenvalue weighted by Crippen LogP contribution is -2.39. The molecule has 0 saturated carbocycles. The average Bonchev–Trinajstić information content (AvgIpc) is 3.10. The van der Waals surface area contributed by atoms with E-state index in [2.05, 4.69) is 43.6 Å². The Morgan fingerprint density at radius 1 is 1.30 bits per heavy atom. The Morgan fingerprint density at radius 2 is 2.11 bits per heavy atom. The van der Waals surface area contributed by atoms with Crippen molar-refractivity contribution in [2.24, 2.45) is 4.99 Å². The van der Waals surface area contributed by atoms with Crippen molar-refractivity contribution in [2.45, 2.75) is 32.9 Å². The maximum atomic E-state index is 6.05. The lowest BCUT2D eigenvalue weighted by Gasteiger charge is -2.13. The highest BCUT2D eigenvalue weighted by molar-refractivity contribution is 14.0. The highest BCUT2D eigenvalue weighted by Crippen LogP contribution is 2.11. The highest BCUT2D eigenvalue weighted by Gasteiger charge is 2.03. The topological polar surface area (TPSA) is 67.1 Å². The van der Waals surface area contributed by atoms with Crippen molar-refractivity contribution in [2.75, 3.05) is 25.1 Å². The van der Waals surface area contributed by atoms with Crippen molar-refractivity contribution in [1.82, 2.24) is 25.4 Å². The van der Waals surface area contributed by atoms with Gasteiger partial charge in [-0.1, -0.05) is 30.7 Å². The number of thioether (sulfide) groups is 1. The van der Waals surface area contributed by atoms with Crippen LogP contribution >= 0.6 is 47.3 Å². The van der Waals surface area contributed by atoms with E-state index in [4.69, 9.17) is 11.6 Å². The molecule has 0 atom stereocenters. The molecule has 0 spiro atoms. The quantitative estimate of drug-likeness (QED) is 0.216. The fourth-order valence-corrected chi connectivity index (χ4v) is 3.08. The molecule has 0 radical (unpaired) electrons. The molecular weight excluding hydrogens is 495 g/mol. The minimum absolute atomic E-state index is 0. The average molecular weight is 523 g/mol. The van der Waals surface area contributed by atoms with E-state index < -0.39 is 0 Å². The van der Waals surface area contributed by atoms with Crippen LogP contribution in [0.15, 0.2) is 35.6 Å². The van der Waals surface area contributed by atoms with Crippen molar-refractivity contribution in [3.8, 4) is 0 Å². The van der Waals surface area contributed by atoms with Crippen LogP contribution in [0.25, 0.3) is 0 Å². The zero-order chi connectivity index (χ0) is 18.6. The smallest absolute Gasteiger partial charge is 0.191 e. The van der Waals surface area contributed by atoms with Crippen molar-refractivity contribution >= 4 is 53.3 Å². The zero-order valence-electron chi connectivity index (χ0n) is 15.8. The van der Waals surface area contributed by atoms with Gasteiger partial charge in [0.05, 0.1) is 6.54 Å². The molecule has 1 heterocycles. The number of guanidine groups is 1. The lowest BCUT2D eigenvalue weighted by molar-refractivity contribution is 0.631. The standard InChI is InChI=1S/C18H27ClN6S.HI/c1-3-17-24-23-14-25(17)10-9-21-18(20-8-5-11-26-2)22-13-15-6-4-7-16(19)12-15;/h4,6-7,12,14H,3,5,8-11,13H2,1-2H3,(H2,20,21,22);1H. The lowest BCUT2D eigenvalue weighted by atomic mass is 10.2. The number of rotatable bonds is 10. The molecule has 0 aliphatic carbocycles. The predicted molar refractivity (Wildman–Crippen MR) is 126 cm³/mol. The monoisotopic (exact) mass is 522 g/mol. The second-order valence-corrected chi connectivity index (χ2v) is 7.21. The molecule has 0 amide bonds. The summed E-state index contributed by atoms with van der Waals surface area (Å²) in [6, 6.07) is 7.80. The van der Waals surface area contributed by atoms with Crippen LogP contribution in [0.3, 0.4) is 0 Å². The normalized spacial score (nSPS) is 11.1. The molecule has 0 aliphatic rings. The first-order chi connectivity index (χ1) is 12.7. The summed E-state index contributed by atoms with van der Waals surface area (Å²) in [4.78, 5) is 4.68. The van der Waals surface area contributed by atoms with E-state index in [1.54, 1.807) is 6.33 Å². The van der Waals surface area contributed by atoms with Gasteiger partial charge in [0.2, 0.25) is 0 Å². The number of halogens is 2.